The Morgan fingerprint density at radius 3 is 2.82 bits per heavy atom. The van der Waals surface area contributed by atoms with Gasteiger partial charge in [-0.25, -0.2) is 0 Å². The molecule has 2 rings (SSSR count). The number of benzene rings is 1. The molecular weight excluding hydrogens is 214 g/mol. The van der Waals surface area contributed by atoms with Gasteiger partial charge in [0.2, 0.25) is 0 Å². The summed E-state index contributed by atoms with van der Waals surface area (Å²) in [6.45, 7) is 2.83. The average Bonchev–Trinajstić information content (AvgIpc) is 2.77. The Bertz CT molecular complexity index is 503. The first-order valence-corrected chi connectivity index (χ1v) is 5.63. The SMILES string of the molecule is COc1ccc(C)cc1Cn1cccc1CO. The molecule has 3 heteroatoms. The van der Waals surface area contributed by atoms with Crippen LogP contribution in [0.25, 0.3) is 0 Å². The van der Waals surface area contributed by atoms with Gasteiger partial charge in [-0.3, -0.25) is 0 Å². The van der Waals surface area contributed by atoms with E-state index in [1.165, 1.54) is 5.56 Å². The zero-order valence-electron chi connectivity index (χ0n) is 10.2. The third-order valence-corrected chi connectivity index (χ3v) is 2.86. The van der Waals surface area contributed by atoms with Crippen molar-refractivity contribution in [3.8, 4) is 5.75 Å². The molecule has 0 atom stereocenters. The molecule has 0 amide bonds. The fraction of sp³-hybridized carbons (Fsp3) is 0.286. The number of nitrogens with zero attached hydrogens (tertiary/aromatic N) is 1. The Morgan fingerprint density at radius 1 is 1.29 bits per heavy atom. The van der Waals surface area contributed by atoms with E-state index in [9.17, 15) is 5.11 Å². The van der Waals surface area contributed by atoms with Crippen molar-refractivity contribution in [3.63, 3.8) is 0 Å². The molecule has 0 aliphatic rings. The van der Waals surface area contributed by atoms with Crippen LogP contribution in [0.4, 0.5) is 0 Å². The summed E-state index contributed by atoms with van der Waals surface area (Å²) in [6, 6.07) is 9.98. The topological polar surface area (TPSA) is 34.4 Å². The highest BCUT2D eigenvalue weighted by Crippen LogP contribution is 2.21. The lowest BCUT2D eigenvalue weighted by molar-refractivity contribution is 0.271. The molecule has 17 heavy (non-hydrogen) atoms. The summed E-state index contributed by atoms with van der Waals surface area (Å²) in [4.78, 5) is 0. The van der Waals surface area contributed by atoms with E-state index in [1.54, 1.807) is 7.11 Å². The molecule has 0 saturated heterocycles. The molecule has 0 unspecified atom stereocenters. The van der Waals surface area contributed by atoms with Crippen molar-refractivity contribution in [1.29, 1.82) is 0 Å². The average molecular weight is 231 g/mol. The van der Waals surface area contributed by atoms with Crippen molar-refractivity contribution in [2.24, 2.45) is 0 Å². The van der Waals surface area contributed by atoms with Crippen LogP contribution in [0.2, 0.25) is 0 Å². The predicted molar refractivity (Wildman–Crippen MR) is 67.2 cm³/mol. The fourth-order valence-corrected chi connectivity index (χ4v) is 1.96. The van der Waals surface area contributed by atoms with Crippen molar-refractivity contribution in [2.75, 3.05) is 7.11 Å². The maximum Gasteiger partial charge on any atom is 0.123 e. The highest BCUT2D eigenvalue weighted by atomic mass is 16.5. The minimum Gasteiger partial charge on any atom is -0.496 e. The summed E-state index contributed by atoms with van der Waals surface area (Å²) in [5.74, 6) is 0.883. The van der Waals surface area contributed by atoms with Gasteiger partial charge in [0.05, 0.1) is 20.3 Å². The summed E-state index contributed by atoms with van der Waals surface area (Å²) < 4.78 is 7.37. The highest BCUT2D eigenvalue weighted by molar-refractivity contribution is 5.37. The maximum absolute atomic E-state index is 9.21. The number of ether oxygens (including phenoxy) is 1. The van der Waals surface area contributed by atoms with Crippen LogP contribution < -0.4 is 4.74 Å². The molecule has 1 aromatic carbocycles. The highest BCUT2D eigenvalue weighted by Gasteiger charge is 2.06. The Labute approximate surface area is 101 Å². The molecule has 1 N–H and O–H groups in total. The molecule has 0 radical (unpaired) electrons. The van der Waals surface area contributed by atoms with Crippen molar-refractivity contribution in [1.82, 2.24) is 4.57 Å². The van der Waals surface area contributed by atoms with Crippen LogP contribution in [0.1, 0.15) is 16.8 Å². The van der Waals surface area contributed by atoms with E-state index in [-0.39, 0.29) is 6.61 Å². The summed E-state index contributed by atoms with van der Waals surface area (Å²) in [6.07, 6.45) is 1.97. The Hall–Kier alpha value is -1.74. The van der Waals surface area contributed by atoms with E-state index in [4.69, 9.17) is 4.74 Å². The van der Waals surface area contributed by atoms with Gasteiger partial charge in [-0.05, 0) is 25.1 Å². The molecule has 1 aromatic heterocycles. The lowest BCUT2D eigenvalue weighted by atomic mass is 10.1. The minimum absolute atomic E-state index is 0.0567. The van der Waals surface area contributed by atoms with Gasteiger partial charge in [0, 0.05) is 17.5 Å². The molecule has 0 aliphatic carbocycles. The molecule has 0 aliphatic heterocycles. The van der Waals surface area contributed by atoms with Crippen LogP contribution in [-0.2, 0) is 13.2 Å². The van der Waals surface area contributed by atoms with Gasteiger partial charge in [0.1, 0.15) is 5.75 Å². The molecule has 0 bridgehead atoms. The molecule has 0 saturated carbocycles. The summed E-state index contributed by atoms with van der Waals surface area (Å²) >= 11 is 0. The molecule has 0 fully saturated rings. The Balaban J connectivity index is 2.32. The van der Waals surface area contributed by atoms with E-state index < -0.39 is 0 Å². The third-order valence-electron chi connectivity index (χ3n) is 2.86. The standard InChI is InChI=1S/C14H17NO2/c1-11-5-6-14(17-2)12(8-11)9-15-7-3-4-13(15)10-16/h3-8,16H,9-10H2,1-2H3. The van der Waals surface area contributed by atoms with Gasteiger partial charge in [-0.15, -0.1) is 0 Å². The quantitative estimate of drug-likeness (QED) is 0.876. The first-order valence-electron chi connectivity index (χ1n) is 5.63. The largest absolute Gasteiger partial charge is 0.496 e. The second-order valence-corrected chi connectivity index (χ2v) is 4.10. The first-order chi connectivity index (χ1) is 8.24. The molecule has 1 heterocycles. The van der Waals surface area contributed by atoms with Crippen LogP contribution in [0.5, 0.6) is 5.75 Å². The molecular formula is C14H17NO2. The van der Waals surface area contributed by atoms with Gasteiger partial charge >= 0.3 is 0 Å². The van der Waals surface area contributed by atoms with Gasteiger partial charge in [0.25, 0.3) is 0 Å². The van der Waals surface area contributed by atoms with E-state index in [1.807, 2.05) is 35.0 Å². The van der Waals surface area contributed by atoms with Crippen LogP contribution in [0.15, 0.2) is 36.5 Å². The van der Waals surface area contributed by atoms with Crippen molar-refractivity contribution in [3.05, 3.63) is 53.3 Å². The molecule has 0 spiro atoms. The Kier molecular flexibility index (Phi) is 3.49. The zero-order chi connectivity index (χ0) is 12.3. The van der Waals surface area contributed by atoms with Crippen LogP contribution in [0, 0.1) is 6.92 Å². The minimum atomic E-state index is 0.0567. The second-order valence-electron chi connectivity index (χ2n) is 4.10. The van der Waals surface area contributed by atoms with Crippen molar-refractivity contribution >= 4 is 0 Å². The van der Waals surface area contributed by atoms with Crippen molar-refractivity contribution < 1.29 is 9.84 Å². The van der Waals surface area contributed by atoms with Crippen LogP contribution in [0.3, 0.4) is 0 Å². The lowest BCUT2D eigenvalue weighted by Crippen LogP contribution is -2.04. The van der Waals surface area contributed by atoms with Crippen molar-refractivity contribution in [2.45, 2.75) is 20.1 Å². The lowest BCUT2D eigenvalue weighted by Gasteiger charge is -2.12. The number of aliphatic hydroxyl groups excluding tert-OH is 1. The van der Waals surface area contributed by atoms with Gasteiger partial charge in [-0.2, -0.15) is 0 Å². The summed E-state index contributed by atoms with van der Waals surface area (Å²) in [5, 5.41) is 9.21. The smallest absolute Gasteiger partial charge is 0.123 e. The number of methoxy groups -OCH3 is 1. The number of rotatable bonds is 4. The third kappa shape index (κ3) is 2.50. The van der Waals surface area contributed by atoms with E-state index in [0.29, 0.717) is 6.54 Å². The molecule has 2 aromatic rings. The Morgan fingerprint density at radius 2 is 2.12 bits per heavy atom. The fourth-order valence-electron chi connectivity index (χ4n) is 1.96. The summed E-state index contributed by atoms with van der Waals surface area (Å²) in [5.41, 5.74) is 3.24. The van der Waals surface area contributed by atoms with E-state index >= 15 is 0 Å². The van der Waals surface area contributed by atoms with Crippen LogP contribution >= 0.6 is 0 Å². The van der Waals surface area contributed by atoms with E-state index in [0.717, 1.165) is 17.0 Å². The first kappa shape index (κ1) is 11.7. The van der Waals surface area contributed by atoms with Gasteiger partial charge < -0.3 is 14.4 Å². The summed E-state index contributed by atoms with van der Waals surface area (Å²) in [7, 11) is 1.68. The van der Waals surface area contributed by atoms with E-state index in [2.05, 4.69) is 13.0 Å². The maximum atomic E-state index is 9.21. The molecule has 90 valence electrons. The number of aryl methyl sites for hydroxylation is 1. The van der Waals surface area contributed by atoms with Gasteiger partial charge in [-0.1, -0.05) is 17.7 Å². The van der Waals surface area contributed by atoms with Crippen LogP contribution in [-0.4, -0.2) is 16.8 Å². The normalized spacial score (nSPS) is 10.5. The number of hydrogen-bond acceptors (Lipinski definition) is 2. The number of aromatic nitrogens is 1. The second kappa shape index (κ2) is 5.06. The van der Waals surface area contributed by atoms with Gasteiger partial charge in [0.15, 0.2) is 0 Å². The number of aliphatic hydroxyl groups is 1. The predicted octanol–water partition coefficient (Wildman–Crippen LogP) is 2.35. The monoisotopic (exact) mass is 231 g/mol. The molecule has 3 nitrogen and oxygen atoms in total. The zero-order valence-corrected chi connectivity index (χ0v) is 10.2. The number of hydrogen-bond donors (Lipinski definition) is 1.